The third kappa shape index (κ3) is 1.39. The molecule has 1 unspecified atom stereocenters. The second-order valence-corrected chi connectivity index (χ2v) is 1.98. The largest absolute Gasteiger partial charge is 0.419 e. The van der Waals surface area contributed by atoms with Crippen LogP contribution in [0.5, 0.6) is 0 Å². The summed E-state index contributed by atoms with van der Waals surface area (Å²) >= 11 is 0. The van der Waals surface area contributed by atoms with Crippen LogP contribution in [0.25, 0.3) is 0 Å². The molecule has 0 spiro atoms. The summed E-state index contributed by atoms with van der Waals surface area (Å²) in [6.45, 7) is 0.785. The summed E-state index contributed by atoms with van der Waals surface area (Å²) in [4.78, 5) is 0. The molecule has 0 aromatic carbocycles. The first kappa shape index (κ1) is 9.24. The van der Waals surface area contributed by atoms with E-state index < -0.39 is 11.7 Å². The van der Waals surface area contributed by atoms with Gasteiger partial charge in [0.25, 0.3) is 0 Å². The van der Waals surface area contributed by atoms with Crippen molar-refractivity contribution in [3.8, 4) is 6.07 Å². The van der Waals surface area contributed by atoms with Crippen LogP contribution in [0, 0.1) is 11.3 Å². The van der Waals surface area contributed by atoms with Crippen molar-refractivity contribution in [2.45, 2.75) is 18.6 Å². The monoisotopic (exact) mass is 152 g/mol. The zero-order valence-electron chi connectivity index (χ0n) is 5.58. The van der Waals surface area contributed by atoms with Gasteiger partial charge in [-0.2, -0.15) is 18.4 Å². The van der Waals surface area contributed by atoms with Crippen LogP contribution >= 0.6 is 0 Å². The van der Waals surface area contributed by atoms with Gasteiger partial charge < -0.3 is 0 Å². The van der Waals surface area contributed by atoms with E-state index in [1.807, 2.05) is 5.32 Å². The van der Waals surface area contributed by atoms with E-state index in [0.717, 1.165) is 20.0 Å². The maximum Gasteiger partial charge on any atom is 0.419 e. The minimum absolute atomic E-state index is 0.785. The highest BCUT2D eigenvalue weighted by molar-refractivity contribution is 5.08. The van der Waals surface area contributed by atoms with Crippen molar-refractivity contribution in [3.63, 3.8) is 0 Å². The molecular formula is C5H7F3N2. The molecule has 0 aliphatic heterocycles. The van der Waals surface area contributed by atoms with E-state index in [-0.39, 0.29) is 0 Å². The Kier molecular flexibility index (Phi) is 2.28. The Bertz CT molecular complexity index is 157. The number of nitriles is 1. The van der Waals surface area contributed by atoms with E-state index in [1.54, 1.807) is 0 Å². The maximum absolute atomic E-state index is 11.8. The Labute approximate surface area is 56.6 Å². The quantitative estimate of drug-likeness (QED) is 0.609. The second-order valence-electron chi connectivity index (χ2n) is 1.98. The van der Waals surface area contributed by atoms with Gasteiger partial charge in [0.15, 0.2) is 5.54 Å². The Morgan fingerprint density at radius 1 is 1.40 bits per heavy atom. The molecular weight excluding hydrogens is 145 g/mol. The normalized spacial score (nSPS) is 17.6. The van der Waals surface area contributed by atoms with E-state index in [2.05, 4.69) is 0 Å². The topological polar surface area (TPSA) is 35.8 Å². The molecule has 58 valence electrons. The fraction of sp³-hybridized carbons (Fsp3) is 0.800. The van der Waals surface area contributed by atoms with Crippen LogP contribution in [0.2, 0.25) is 0 Å². The van der Waals surface area contributed by atoms with Crippen molar-refractivity contribution in [1.29, 1.82) is 5.26 Å². The zero-order valence-corrected chi connectivity index (χ0v) is 5.58. The third-order valence-corrected chi connectivity index (χ3v) is 1.29. The fourth-order valence-electron chi connectivity index (χ4n) is 0.261. The van der Waals surface area contributed by atoms with Gasteiger partial charge >= 0.3 is 6.18 Å². The van der Waals surface area contributed by atoms with E-state index in [0.29, 0.717) is 0 Å². The molecule has 0 aliphatic rings. The highest BCUT2D eigenvalue weighted by Crippen LogP contribution is 2.28. The standard InChI is InChI=1S/C5H7F3N2/c1-4(3-9,10-2)5(6,7)8/h10H,1-2H3. The summed E-state index contributed by atoms with van der Waals surface area (Å²) in [5.41, 5.74) is -2.42. The van der Waals surface area contributed by atoms with Crippen molar-refractivity contribution in [2.75, 3.05) is 7.05 Å². The molecule has 0 aromatic heterocycles. The summed E-state index contributed by atoms with van der Waals surface area (Å²) in [6.07, 6.45) is -4.52. The lowest BCUT2D eigenvalue weighted by Crippen LogP contribution is -2.51. The summed E-state index contributed by atoms with van der Waals surface area (Å²) < 4.78 is 35.5. The van der Waals surface area contributed by atoms with Gasteiger partial charge in [0, 0.05) is 0 Å². The number of nitrogens with one attached hydrogen (secondary N) is 1. The Morgan fingerprint density at radius 3 is 1.80 bits per heavy atom. The number of halogens is 3. The molecule has 0 saturated carbocycles. The van der Waals surface area contributed by atoms with Gasteiger partial charge in [-0.15, -0.1) is 0 Å². The van der Waals surface area contributed by atoms with Crippen molar-refractivity contribution < 1.29 is 13.2 Å². The molecule has 0 rings (SSSR count). The predicted molar refractivity (Wildman–Crippen MR) is 29.1 cm³/mol. The van der Waals surface area contributed by atoms with Crippen LogP contribution in [0.1, 0.15) is 6.92 Å². The number of hydrogen-bond acceptors (Lipinski definition) is 2. The van der Waals surface area contributed by atoms with Crippen LogP contribution in [0.4, 0.5) is 13.2 Å². The van der Waals surface area contributed by atoms with Crippen molar-refractivity contribution >= 4 is 0 Å². The van der Waals surface area contributed by atoms with Crippen molar-refractivity contribution in [3.05, 3.63) is 0 Å². The molecule has 10 heavy (non-hydrogen) atoms. The zero-order chi connectivity index (χ0) is 8.41. The molecule has 5 heteroatoms. The van der Waals surface area contributed by atoms with Crippen molar-refractivity contribution in [2.24, 2.45) is 0 Å². The average molecular weight is 152 g/mol. The van der Waals surface area contributed by atoms with Gasteiger partial charge in [0.05, 0.1) is 6.07 Å². The van der Waals surface area contributed by atoms with Gasteiger partial charge in [-0.25, -0.2) is 0 Å². The first-order chi connectivity index (χ1) is 4.37. The number of alkyl halides is 3. The lowest BCUT2D eigenvalue weighted by Gasteiger charge is -2.23. The van der Waals surface area contributed by atoms with Gasteiger partial charge in [0.2, 0.25) is 0 Å². The molecule has 0 aromatic rings. The van der Waals surface area contributed by atoms with Gasteiger partial charge in [-0.3, -0.25) is 5.32 Å². The van der Waals surface area contributed by atoms with Crippen LogP contribution < -0.4 is 5.32 Å². The molecule has 0 saturated heterocycles. The number of nitrogens with zero attached hydrogens (tertiary/aromatic N) is 1. The molecule has 0 radical (unpaired) electrons. The Hall–Kier alpha value is -0.760. The van der Waals surface area contributed by atoms with Crippen LogP contribution in [-0.4, -0.2) is 18.8 Å². The number of rotatable bonds is 1. The smallest absolute Gasteiger partial charge is 0.295 e. The minimum Gasteiger partial charge on any atom is -0.295 e. The van der Waals surface area contributed by atoms with E-state index in [1.165, 1.54) is 0 Å². The molecule has 0 aliphatic carbocycles. The average Bonchev–Trinajstić information content (AvgIpc) is 1.84. The van der Waals surface area contributed by atoms with Crippen LogP contribution in [-0.2, 0) is 0 Å². The first-order valence-electron chi connectivity index (χ1n) is 2.54. The first-order valence-corrected chi connectivity index (χ1v) is 2.54. The fourth-order valence-corrected chi connectivity index (χ4v) is 0.261. The lowest BCUT2D eigenvalue weighted by atomic mass is 10.1. The number of hydrogen-bond donors (Lipinski definition) is 1. The third-order valence-electron chi connectivity index (χ3n) is 1.29. The highest BCUT2D eigenvalue weighted by atomic mass is 19.4. The predicted octanol–water partition coefficient (Wildman–Crippen LogP) is 1.05. The molecule has 1 atom stereocenters. The summed E-state index contributed by atoms with van der Waals surface area (Å²) in [5, 5.41) is 9.97. The molecule has 0 heterocycles. The van der Waals surface area contributed by atoms with E-state index in [4.69, 9.17) is 5.26 Å². The van der Waals surface area contributed by atoms with Gasteiger partial charge in [-0.1, -0.05) is 0 Å². The molecule has 1 N–H and O–H groups in total. The molecule has 0 bridgehead atoms. The second kappa shape index (κ2) is 2.46. The van der Waals surface area contributed by atoms with Crippen LogP contribution in [0.15, 0.2) is 0 Å². The van der Waals surface area contributed by atoms with E-state index >= 15 is 0 Å². The Morgan fingerprint density at radius 2 is 1.80 bits per heavy atom. The van der Waals surface area contributed by atoms with E-state index in [9.17, 15) is 13.2 Å². The summed E-state index contributed by atoms with van der Waals surface area (Å²) in [6, 6.07) is 1.13. The van der Waals surface area contributed by atoms with Gasteiger partial charge in [0.1, 0.15) is 0 Å². The summed E-state index contributed by atoms with van der Waals surface area (Å²) in [7, 11) is 1.09. The van der Waals surface area contributed by atoms with Crippen LogP contribution in [0.3, 0.4) is 0 Å². The maximum atomic E-state index is 11.8. The Balaban J connectivity index is 4.54. The lowest BCUT2D eigenvalue weighted by molar-refractivity contribution is -0.172. The SMILES string of the molecule is CNC(C)(C#N)C(F)(F)F. The molecule has 0 amide bonds. The molecule has 0 fully saturated rings. The summed E-state index contributed by atoms with van der Waals surface area (Å²) in [5.74, 6) is 0. The highest BCUT2D eigenvalue weighted by Gasteiger charge is 2.50. The van der Waals surface area contributed by atoms with Crippen molar-refractivity contribution in [1.82, 2.24) is 5.32 Å². The molecule has 2 nitrogen and oxygen atoms in total. The van der Waals surface area contributed by atoms with Gasteiger partial charge in [-0.05, 0) is 14.0 Å². The minimum atomic E-state index is -4.52.